The molecule has 1 aromatic rings. The van der Waals surface area contributed by atoms with Crippen molar-refractivity contribution in [2.24, 2.45) is 11.3 Å². The fraction of sp³-hybridized carbons (Fsp3) is 0.591. The number of benzene rings is 1. The third-order valence-electron chi connectivity index (χ3n) is 5.03. The monoisotopic (exact) mass is 403 g/mol. The quantitative estimate of drug-likeness (QED) is 0.685. The molecule has 0 spiro atoms. The number of ether oxygens (including phenoxy) is 1. The van der Waals surface area contributed by atoms with E-state index >= 15 is 0 Å². The molecule has 0 bridgehead atoms. The summed E-state index contributed by atoms with van der Waals surface area (Å²) in [5, 5.41) is 5.80. The van der Waals surface area contributed by atoms with Crippen molar-refractivity contribution in [1.29, 1.82) is 0 Å². The van der Waals surface area contributed by atoms with E-state index in [1.54, 1.807) is 36.3 Å². The van der Waals surface area contributed by atoms with Crippen LogP contribution in [0.3, 0.4) is 0 Å². The summed E-state index contributed by atoms with van der Waals surface area (Å²) in [5.74, 6) is -0.172. The Kier molecular flexibility index (Phi) is 8.20. The largest absolute Gasteiger partial charge is 0.385 e. The molecule has 1 aliphatic rings. The van der Waals surface area contributed by atoms with Gasteiger partial charge >= 0.3 is 0 Å². The van der Waals surface area contributed by atoms with E-state index in [1.165, 1.54) is 0 Å². The molecule has 2 N–H and O–H groups in total. The van der Waals surface area contributed by atoms with E-state index in [0.717, 1.165) is 6.42 Å². The summed E-state index contributed by atoms with van der Waals surface area (Å²) in [4.78, 5) is 39.0. The molecule has 29 heavy (non-hydrogen) atoms. The number of likely N-dealkylation sites (tertiary alicyclic amines) is 1. The molecule has 1 heterocycles. The third kappa shape index (κ3) is 6.85. The Hall–Kier alpha value is -2.41. The van der Waals surface area contributed by atoms with E-state index in [4.69, 9.17) is 4.74 Å². The van der Waals surface area contributed by atoms with E-state index in [2.05, 4.69) is 10.6 Å². The Morgan fingerprint density at radius 3 is 2.48 bits per heavy atom. The second-order valence-corrected chi connectivity index (χ2v) is 8.49. The highest BCUT2D eigenvalue weighted by Crippen LogP contribution is 2.22. The van der Waals surface area contributed by atoms with Crippen LogP contribution in [0, 0.1) is 11.3 Å². The lowest BCUT2D eigenvalue weighted by Crippen LogP contribution is -2.43. The van der Waals surface area contributed by atoms with E-state index in [0.29, 0.717) is 50.3 Å². The van der Waals surface area contributed by atoms with Crippen LogP contribution in [0.25, 0.3) is 0 Å². The van der Waals surface area contributed by atoms with Crippen LogP contribution in [0.1, 0.15) is 50.4 Å². The standard InChI is InChI=1S/C22H33N3O4/c1-22(2,3)21(28)24-18-8-5-7-17(15-18)20(27)25-12-9-16(10-13-25)19(26)23-11-6-14-29-4/h5,7-8,15-16H,6,9-14H2,1-4H3,(H,23,26)(H,24,28). The second-order valence-electron chi connectivity index (χ2n) is 8.49. The molecule has 1 aliphatic heterocycles. The molecular formula is C22H33N3O4. The van der Waals surface area contributed by atoms with Gasteiger partial charge in [-0.3, -0.25) is 14.4 Å². The van der Waals surface area contributed by atoms with Gasteiger partial charge in [-0.15, -0.1) is 0 Å². The maximum absolute atomic E-state index is 12.9. The molecule has 0 unspecified atom stereocenters. The number of carbonyl (C=O) groups excluding carboxylic acids is 3. The summed E-state index contributed by atoms with van der Waals surface area (Å²) < 4.78 is 4.98. The van der Waals surface area contributed by atoms with Crippen molar-refractivity contribution in [2.75, 3.05) is 38.7 Å². The molecule has 1 aromatic carbocycles. The van der Waals surface area contributed by atoms with Crippen molar-refractivity contribution in [1.82, 2.24) is 10.2 Å². The number of carbonyl (C=O) groups is 3. The van der Waals surface area contributed by atoms with Gasteiger partial charge < -0.3 is 20.3 Å². The maximum Gasteiger partial charge on any atom is 0.253 e. The van der Waals surface area contributed by atoms with Crippen molar-refractivity contribution in [3.63, 3.8) is 0 Å². The van der Waals surface area contributed by atoms with Crippen LogP contribution in [-0.2, 0) is 14.3 Å². The number of nitrogens with one attached hydrogen (secondary N) is 2. The molecule has 160 valence electrons. The van der Waals surface area contributed by atoms with Crippen molar-refractivity contribution >= 4 is 23.4 Å². The molecular weight excluding hydrogens is 370 g/mol. The molecule has 0 atom stereocenters. The molecule has 0 aliphatic carbocycles. The van der Waals surface area contributed by atoms with Crippen molar-refractivity contribution < 1.29 is 19.1 Å². The first-order valence-electron chi connectivity index (χ1n) is 10.2. The van der Waals surface area contributed by atoms with Gasteiger partial charge in [-0.25, -0.2) is 0 Å². The average Bonchev–Trinajstić information content (AvgIpc) is 2.70. The SMILES string of the molecule is COCCCNC(=O)C1CCN(C(=O)c2cccc(NC(=O)C(C)(C)C)c2)CC1. The van der Waals surface area contributed by atoms with Crippen LogP contribution >= 0.6 is 0 Å². The first-order chi connectivity index (χ1) is 13.7. The smallest absolute Gasteiger partial charge is 0.253 e. The van der Waals surface area contributed by atoms with E-state index in [-0.39, 0.29) is 23.6 Å². The summed E-state index contributed by atoms with van der Waals surface area (Å²) in [6, 6.07) is 7.01. The summed E-state index contributed by atoms with van der Waals surface area (Å²) in [7, 11) is 1.64. The summed E-state index contributed by atoms with van der Waals surface area (Å²) in [5.41, 5.74) is 0.645. The highest BCUT2D eigenvalue weighted by atomic mass is 16.5. The van der Waals surface area contributed by atoms with Gasteiger partial charge in [0.1, 0.15) is 0 Å². The molecule has 0 saturated carbocycles. The van der Waals surface area contributed by atoms with Crippen LogP contribution in [0.15, 0.2) is 24.3 Å². The lowest BCUT2D eigenvalue weighted by atomic mass is 9.95. The van der Waals surface area contributed by atoms with Gasteiger partial charge in [0.2, 0.25) is 11.8 Å². The van der Waals surface area contributed by atoms with Gasteiger partial charge in [0.05, 0.1) is 0 Å². The van der Waals surface area contributed by atoms with Gasteiger partial charge in [0.25, 0.3) is 5.91 Å². The fourth-order valence-corrected chi connectivity index (χ4v) is 3.15. The van der Waals surface area contributed by atoms with E-state index < -0.39 is 5.41 Å². The van der Waals surface area contributed by atoms with Crippen LogP contribution in [0.2, 0.25) is 0 Å². The molecule has 7 nitrogen and oxygen atoms in total. The lowest BCUT2D eigenvalue weighted by molar-refractivity contribution is -0.126. The molecule has 7 heteroatoms. The number of rotatable bonds is 7. The van der Waals surface area contributed by atoms with Gasteiger partial charge in [0.15, 0.2) is 0 Å². The van der Waals surface area contributed by atoms with Crippen molar-refractivity contribution in [2.45, 2.75) is 40.0 Å². The number of hydrogen-bond donors (Lipinski definition) is 2. The van der Waals surface area contributed by atoms with Crippen LogP contribution in [0.5, 0.6) is 0 Å². The van der Waals surface area contributed by atoms with Gasteiger partial charge in [-0.05, 0) is 37.5 Å². The predicted molar refractivity (Wildman–Crippen MR) is 113 cm³/mol. The maximum atomic E-state index is 12.9. The van der Waals surface area contributed by atoms with Crippen molar-refractivity contribution in [3.05, 3.63) is 29.8 Å². The summed E-state index contributed by atoms with van der Waals surface area (Å²) in [6.45, 7) is 7.86. The normalized spacial score (nSPS) is 15.1. The molecule has 0 aromatic heterocycles. The molecule has 2 rings (SSSR count). The minimum absolute atomic E-state index is 0.0556. The summed E-state index contributed by atoms with van der Waals surface area (Å²) >= 11 is 0. The topological polar surface area (TPSA) is 87.7 Å². The fourth-order valence-electron chi connectivity index (χ4n) is 3.15. The Morgan fingerprint density at radius 1 is 1.17 bits per heavy atom. The Morgan fingerprint density at radius 2 is 1.86 bits per heavy atom. The van der Waals surface area contributed by atoms with E-state index in [9.17, 15) is 14.4 Å². The minimum atomic E-state index is -0.508. The third-order valence-corrected chi connectivity index (χ3v) is 5.03. The Balaban J connectivity index is 1.88. The molecule has 3 amide bonds. The number of anilines is 1. The Labute approximate surface area is 173 Å². The molecule has 1 saturated heterocycles. The number of hydrogen-bond acceptors (Lipinski definition) is 4. The zero-order valence-corrected chi connectivity index (χ0v) is 17.9. The first kappa shape index (κ1) is 22.9. The van der Waals surface area contributed by atoms with Crippen LogP contribution in [-0.4, -0.2) is 56.0 Å². The molecule has 0 radical (unpaired) electrons. The lowest BCUT2D eigenvalue weighted by Gasteiger charge is -2.31. The van der Waals surface area contributed by atoms with Gasteiger partial charge in [-0.2, -0.15) is 0 Å². The number of amides is 3. The minimum Gasteiger partial charge on any atom is -0.385 e. The van der Waals surface area contributed by atoms with Crippen molar-refractivity contribution in [3.8, 4) is 0 Å². The highest BCUT2D eigenvalue weighted by Gasteiger charge is 2.28. The molecule has 1 fully saturated rings. The van der Waals surface area contributed by atoms with Gasteiger partial charge in [0, 0.05) is 55.9 Å². The van der Waals surface area contributed by atoms with Crippen LogP contribution < -0.4 is 10.6 Å². The Bertz CT molecular complexity index is 719. The predicted octanol–water partition coefficient (Wildman–Crippen LogP) is 2.68. The van der Waals surface area contributed by atoms with E-state index in [1.807, 2.05) is 20.8 Å². The second kappa shape index (κ2) is 10.4. The average molecular weight is 404 g/mol. The zero-order valence-electron chi connectivity index (χ0n) is 17.9. The van der Waals surface area contributed by atoms with Gasteiger partial charge in [-0.1, -0.05) is 26.8 Å². The number of methoxy groups -OCH3 is 1. The first-order valence-corrected chi connectivity index (χ1v) is 10.2. The summed E-state index contributed by atoms with van der Waals surface area (Å²) in [6.07, 6.45) is 2.10. The number of nitrogens with zero attached hydrogens (tertiary/aromatic N) is 1. The highest BCUT2D eigenvalue weighted by molar-refractivity contribution is 5.98. The van der Waals surface area contributed by atoms with Crippen LogP contribution in [0.4, 0.5) is 5.69 Å². The number of piperidine rings is 1. The zero-order chi connectivity index (χ0) is 21.4.